The molecule has 1 saturated heterocycles. The second kappa shape index (κ2) is 6.79. The second-order valence-corrected chi connectivity index (χ2v) is 5.17. The summed E-state index contributed by atoms with van der Waals surface area (Å²) in [6, 6.07) is 9.57. The van der Waals surface area contributed by atoms with Crippen LogP contribution in [0.25, 0.3) is 0 Å². The number of nitrogens with one attached hydrogen (secondary N) is 1. The van der Waals surface area contributed by atoms with Gasteiger partial charge in [-0.2, -0.15) is 0 Å². The van der Waals surface area contributed by atoms with E-state index >= 15 is 0 Å². The van der Waals surface area contributed by atoms with E-state index in [2.05, 4.69) is 48.3 Å². The zero-order valence-corrected chi connectivity index (χ0v) is 11.8. The first-order valence-electron chi connectivity index (χ1n) is 7.41. The Hall–Kier alpha value is -1.02. The Morgan fingerprint density at radius 1 is 1.22 bits per heavy atom. The van der Waals surface area contributed by atoms with E-state index in [9.17, 15) is 0 Å². The third-order valence-electron chi connectivity index (χ3n) is 3.99. The molecular formula is C16H26N2. The van der Waals surface area contributed by atoms with Gasteiger partial charge < -0.3 is 10.2 Å². The largest absolute Gasteiger partial charge is 0.371 e. The topological polar surface area (TPSA) is 15.3 Å². The number of nitrogens with zero attached hydrogens (tertiary/aromatic N) is 1. The van der Waals surface area contributed by atoms with Crippen LogP contribution in [-0.4, -0.2) is 25.7 Å². The monoisotopic (exact) mass is 246 g/mol. The lowest BCUT2D eigenvalue weighted by Gasteiger charge is -2.31. The number of rotatable bonds is 3. The molecule has 1 aliphatic rings. The van der Waals surface area contributed by atoms with Crippen LogP contribution in [0, 0.1) is 0 Å². The van der Waals surface area contributed by atoms with Crippen LogP contribution in [0.1, 0.15) is 38.7 Å². The Kier molecular flexibility index (Phi) is 5.06. The van der Waals surface area contributed by atoms with Crippen molar-refractivity contribution in [2.24, 2.45) is 0 Å². The molecule has 2 nitrogen and oxygen atoms in total. The second-order valence-electron chi connectivity index (χ2n) is 5.17. The van der Waals surface area contributed by atoms with Crippen molar-refractivity contribution in [3.8, 4) is 0 Å². The third kappa shape index (κ3) is 3.26. The molecular weight excluding hydrogens is 220 g/mol. The van der Waals surface area contributed by atoms with Gasteiger partial charge in [0.1, 0.15) is 0 Å². The summed E-state index contributed by atoms with van der Waals surface area (Å²) in [6.07, 6.45) is 4.87. The Labute approximate surface area is 111 Å². The van der Waals surface area contributed by atoms with Crippen molar-refractivity contribution >= 4 is 5.69 Å². The lowest BCUT2D eigenvalue weighted by atomic mass is 10.1. The maximum absolute atomic E-state index is 3.65. The summed E-state index contributed by atoms with van der Waals surface area (Å²) in [5.41, 5.74) is 2.94. The smallest absolute Gasteiger partial charge is 0.0398 e. The molecule has 0 bridgehead atoms. The van der Waals surface area contributed by atoms with E-state index in [1.165, 1.54) is 43.6 Å². The fourth-order valence-electron chi connectivity index (χ4n) is 2.81. The van der Waals surface area contributed by atoms with E-state index in [4.69, 9.17) is 0 Å². The van der Waals surface area contributed by atoms with Crippen LogP contribution in [0.3, 0.4) is 0 Å². The van der Waals surface area contributed by atoms with E-state index in [1.54, 1.807) is 0 Å². The Morgan fingerprint density at radius 3 is 2.83 bits per heavy atom. The van der Waals surface area contributed by atoms with Gasteiger partial charge in [0, 0.05) is 24.8 Å². The number of hydrogen-bond donors (Lipinski definition) is 1. The van der Waals surface area contributed by atoms with Crippen molar-refractivity contribution in [3.05, 3.63) is 29.8 Å². The van der Waals surface area contributed by atoms with Crippen LogP contribution >= 0.6 is 0 Å². The molecule has 0 aromatic heterocycles. The molecule has 18 heavy (non-hydrogen) atoms. The first-order chi connectivity index (χ1) is 8.85. The van der Waals surface area contributed by atoms with Crippen LogP contribution in [0.4, 0.5) is 5.69 Å². The van der Waals surface area contributed by atoms with Crippen molar-refractivity contribution in [1.82, 2.24) is 5.32 Å². The molecule has 1 aromatic rings. The zero-order valence-electron chi connectivity index (χ0n) is 11.8. The molecule has 0 spiro atoms. The predicted octanol–water partition coefficient (Wildman–Crippen LogP) is 3.22. The van der Waals surface area contributed by atoms with Crippen molar-refractivity contribution in [2.75, 3.05) is 24.5 Å². The molecule has 1 aromatic carbocycles. The zero-order chi connectivity index (χ0) is 12.8. The van der Waals surface area contributed by atoms with Crippen molar-refractivity contribution in [3.63, 3.8) is 0 Å². The summed E-state index contributed by atoms with van der Waals surface area (Å²) in [6.45, 7) is 8.05. The summed E-state index contributed by atoms with van der Waals surface area (Å²) in [5.74, 6) is 0. The molecule has 0 saturated carbocycles. The first-order valence-corrected chi connectivity index (χ1v) is 7.41. The summed E-state index contributed by atoms with van der Waals surface area (Å²) in [4.78, 5) is 2.59. The minimum atomic E-state index is 0.696. The summed E-state index contributed by atoms with van der Waals surface area (Å²) in [7, 11) is 0. The number of anilines is 1. The van der Waals surface area contributed by atoms with Crippen molar-refractivity contribution in [2.45, 2.75) is 45.6 Å². The van der Waals surface area contributed by atoms with Gasteiger partial charge in [0.25, 0.3) is 0 Å². The van der Waals surface area contributed by atoms with Gasteiger partial charge in [-0.15, -0.1) is 0 Å². The van der Waals surface area contributed by atoms with Gasteiger partial charge in [-0.3, -0.25) is 0 Å². The minimum Gasteiger partial charge on any atom is -0.371 e. The van der Waals surface area contributed by atoms with Gasteiger partial charge in [0.05, 0.1) is 0 Å². The number of hydrogen-bond acceptors (Lipinski definition) is 2. The standard InChI is InChI=1S/C16H26N2/c1-3-14-8-5-6-9-16(14)18-12-7-11-17-15(4-2)10-13-18/h5-6,8-9,15,17H,3-4,7,10-13H2,1-2H3. The van der Waals surface area contributed by atoms with E-state index in [0.717, 1.165) is 13.0 Å². The Morgan fingerprint density at radius 2 is 2.06 bits per heavy atom. The Balaban J connectivity index is 2.10. The highest BCUT2D eigenvalue weighted by molar-refractivity contribution is 5.53. The van der Waals surface area contributed by atoms with Gasteiger partial charge >= 0.3 is 0 Å². The fourth-order valence-corrected chi connectivity index (χ4v) is 2.81. The van der Waals surface area contributed by atoms with Crippen LogP contribution in [0.2, 0.25) is 0 Å². The lowest BCUT2D eigenvalue weighted by Crippen LogP contribution is -2.39. The lowest BCUT2D eigenvalue weighted by molar-refractivity contribution is 0.439. The third-order valence-corrected chi connectivity index (χ3v) is 3.99. The maximum atomic E-state index is 3.65. The fraction of sp³-hybridized carbons (Fsp3) is 0.625. The quantitative estimate of drug-likeness (QED) is 0.881. The normalized spacial score (nSPS) is 21.4. The van der Waals surface area contributed by atoms with Crippen LogP contribution in [0.15, 0.2) is 24.3 Å². The van der Waals surface area contributed by atoms with Crippen LogP contribution in [-0.2, 0) is 6.42 Å². The molecule has 0 amide bonds. The van der Waals surface area contributed by atoms with Gasteiger partial charge in [-0.25, -0.2) is 0 Å². The van der Waals surface area contributed by atoms with E-state index in [1.807, 2.05) is 0 Å². The number of aryl methyl sites for hydroxylation is 1. The van der Waals surface area contributed by atoms with Crippen molar-refractivity contribution in [1.29, 1.82) is 0 Å². The number of para-hydroxylation sites is 1. The summed E-state index contributed by atoms with van der Waals surface area (Å²) >= 11 is 0. The van der Waals surface area contributed by atoms with Crippen molar-refractivity contribution < 1.29 is 0 Å². The first kappa shape index (κ1) is 13.4. The predicted molar refractivity (Wildman–Crippen MR) is 79.3 cm³/mol. The average molecular weight is 246 g/mol. The molecule has 1 unspecified atom stereocenters. The molecule has 1 heterocycles. The molecule has 1 N–H and O–H groups in total. The highest BCUT2D eigenvalue weighted by atomic mass is 15.1. The molecule has 2 heteroatoms. The van der Waals surface area contributed by atoms with E-state index in [-0.39, 0.29) is 0 Å². The molecule has 0 radical (unpaired) electrons. The van der Waals surface area contributed by atoms with Gasteiger partial charge in [0.15, 0.2) is 0 Å². The highest BCUT2D eigenvalue weighted by Gasteiger charge is 2.15. The molecule has 2 rings (SSSR count). The highest BCUT2D eigenvalue weighted by Crippen LogP contribution is 2.22. The summed E-state index contributed by atoms with van der Waals surface area (Å²) in [5, 5.41) is 3.65. The minimum absolute atomic E-state index is 0.696. The average Bonchev–Trinajstić information content (AvgIpc) is 2.39. The molecule has 100 valence electrons. The van der Waals surface area contributed by atoms with Gasteiger partial charge in [-0.1, -0.05) is 32.0 Å². The summed E-state index contributed by atoms with van der Waals surface area (Å²) < 4.78 is 0. The van der Waals surface area contributed by atoms with Gasteiger partial charge in [-0.05, 0) is 43.9 Å². The van der Waals surface area contributed by atoms with Gasteiger partial charge in [0.2, 0.25) is 0 Å². The number of benzene rings is 1. The van der Waals surface area contributed by atoms with E-state index < -0.39 is 0 Å². The molecule has 1 atom stereocenters. The molecule has 0 aliphatic carbocycles. The van der Waals surface area contributed by atoms with Crippen LogP contribution in [0.5, 0.6) is 0 Å². The van der Waals surface area contributed by atoms with E-state index in [0.29, 0.717) is 6.04 Å². The molecule has 1 aliphatic heterocycles. The Bertz CT molecular complexity index is 362. The molecule has 1 fully saturated rings. The maximum Gasteiger partial charge on any atom is 0.0398 e. The van der Waals surface area contributed by atoms with Crippen LogP contribution < -0.4 is 10.2 Å². The SMILES string of the molecule is CCc1ccccc1N1CCCNC(CC)CC1.